The van der Waals surface area contributed by atoms with E-state index in [0.29, 0.717) is 24.4 Å². The number of aromatic nitrogens is 2. The Hall–Kier alpha value is -2.60. The largest absolute Gasteiger partial charge is 0.492 e. The van der Waals surface area contributed by atoms with Crippen LogP contribution in [-0.4, -0.2) is 34.4 Å². The highest BCUT2D eigenvalue weighted by atomic mass is 19.1. The van der Waals surface area contributed by atoms with Crippen LogP contribution >= 0.6 is 0 Å². The minimum atomic E-state index is -0.495. The van der Waals surface area contributed by atoms with Crippen LogP contribution in [0.5, 0.6) is 11.5 Å². The number of rotatable bonds is 7. The second kappa shape index (κ2) is 8.19. The van der Waals surface area contributed by atoms with E-state index in [9.17, 15) is 4.39 Å². The lowest BCUT2D eigenvalue weighted by molar-refractivity contribution is 0.244. The third-order valence-electron chi connectivity index (χ3n) is 4.16. The van der Waals surface area contributed by atoms with Crippen molar-refractivity contribution >= 4 is 5.52 Å². The Kier molecular flexibility index (Phi) is 5.89. The van der Waals surface area contributed by atoms with Gasteiger partial charge in [0.25, 0.3) is 5.95 Å². The molecule has 1 aromatic carbocycles. The molecule has 0 saturated carbocycles. The predicted octanol–water partition coefficient (Wildman–Crippen LogP) is 4.69. The molecule has 6 heteroatoms. The molecule has 150 valence electrons. The SMILES string of the molecule is CCOc1ccc2cc(-c3ccc(OC[C@H](C)NC(C)(C)C)cc3)nn2c1F. The summed E-state index contributed by atoms with van der Waals surface area (Å²) in [5.74, 6) is 0.497. The molecule has 0 amide bonds. The number of nitrogens with zero attached hydrogens (tertiary/aromatic N) is 2. The van der Waals surface area contributed by atoms with Crippen LogP contribution in [0.25, 0.3) is 16.8 Å². The molecule has 2 aromatic heterocycles. The third kappa shape index (κ3) is 4.81. The van der Waals surface area contributed by atoms with Crippen molar-refractivity contribution in [1.29, 1.82) is 0 Å². The van der Waals surface area contributed by atoms with Gasteiger partial charge in [0, 0.05) is 17.1 Å². The molecule has 3 aromatic rings. The molecular weight excluding hydrogens is 357 g/mol. The molecule has 0 spiro atoms. The lowest BCUT2D eigenvalue weighted by Crippen LogP contribution is -2.44. The number of pyridine rings is 1. The van der Waals surface area contributed by atoms with Crippen molar-refractivity contribution in [3.8, 4) is 22.8 Å². The summed E-state index contributed by atoms with van der Waals surface area (Å²) in [6, 6.07) is 13.2. The van der Waals surface area contributed by atoms with E-state index >= 15 is 0 Å². The van der Waals surface area contributed by atoms with Gasteiger partial charge in [0.15, 0.2) is 5.75 Å². The Morgan fingerprint density at radius 1 is 1.11 bits per heavy atom. The number of ether oxygens (including phenoxy) is 2. The molecule has 0 saturated heterocycles. The van der Waals surface area contributed by atoms with Crippen LogP contribution in [0.4, 0.5) is 4.39 Å². The molecule has 0 aliphatic rings. The molecule has 2 heterocycles. The van der Waals surface area contributed by atoms with E-state index in [2.05, 4.69) is 38.1 Å². The van der Waals surface area contributed by atoms with Crippen molar-refractivity contribution in [3.05, 3.63) is 48.4 Å². The number of fused-ring (bicyclic) bond motifs is 1. The molecule has 3 rings (SSSR count). The van der Waals surface area contributed by atoms with Gasteiger partial charge in [-0.15, -0.1) is 0 Å². The molecule has 1 atom stereocenters. The zero-order valence-electron chi connectivity index (χ0n) is 17.1. The van der Waals surface area contributed by atoms with Crippen molar-refractivity contribution < 1.29 is 13.9 Å². The summed E-state index contributed by atoms with van der Waals surface area (Å²) in [6.45, 7) is 11.3. The van der Waals surface area contributed by atoms with Crippen LogP contribution in [0.15, 0.2) is 42.5 Å². The van der Waals surface area contributed by atoms with Gasteiger partial charge in [0.05, 0.1) is 17.8 Å². The Labute approximate surface area is 165 Å². The van der Waals surface area contributed by atoms with Gasteiger partial charge < -0.3 is 14.8 Å². The quantitative estimate of drug-likeness (QED) is 0.599. The molecule has 0 unspecified atom stereocenters. The smallest absolute Gasteiger partial charge is 0.257 e. The summed E-state index contributed by atoms with van der Waals surface area (Å²) >= 11 is 0. The van der Waals surface area contributed by atoms with Crippen molar-refractivity contribution in [2.45, 2.75) is 46.2 Å². The molecule has 5 nitrogen and oxygen atoms in total. The second-order valence-corrected chi connectivity index (χ2v) is 7.92. The van der Waals surface area contributed by atoms with Gasteiger partial charge >= 0.3 is 0 Å². The van der Waals surface area contributed by atoms with E-state index in [4.69, 9.17) is 9.47 Å². The highest BCUT2D eigenvalue weighted by molar-refractivity contribution is 5.66. The summed E-state index contributed by atoms with van der Waals surface area (Å²) in [7, 11) is 0. The Balaban J connectivity index is 1.72. The number of nitrogens with one attached hydrogen (secondary N) is 1. The average Bonchev–Trinajstić information content (AvgIpc) is 3.07. The summed E-state index contributed by atoms with van der Waals surface area (Å²) in [5.41, 5.74) is 2.32. The molecular formula is C22H28FN3O2. The first-order valence-electron chi connectivity index (χ1n) is 9.59. The van der Waals surface area contributed by atoms with E-state index in [-0.39, 0.29) is 17.3 Å². The maximum Gasteiger partial charge on any atom is 0.257 e. The fourth-order valence-corrected chi connectivity index (χ4v) is 3.13. The number of hydrogen-bond donors (Lipinski definition) is 1. The van der Waals surface area contributed by atoms with Crippen LogP contribution in [0, 0.1) is 5.95 Å². The number of benzene rings is 1. The van der Waals surface area contributed by atoms with Gasteiger partial charge in [-0.25, -0.2) is 4.52 Å². The highest BCUT2D eigenvalue weighted by Crippen LogP contribution is 2.26. The molecule has 1 N–H and O–H groups in total. The maximum atomic E-state index is 14.5. The van der Waals surface area contributed by atoms with Crippen molar-refractivity contribution in [1.82, 2.24) is 14.9 Å². The first-order chi connectivity index (χ1) is 13.3. The Morgan fingerprint density at radius 2 is 1.82 bits per heavy atom. The van der Waals surface area contributed by atoms with Crippen LogP contribution < -0.4 is 14.8 Å². The molecule has 0 radical (unpaired) electrons. The molecule has 0 aliphatic carbocycles. The zero-order valence-corrected chi connectivity index (χ0v) is 17.1. The third-order valence-corrected chi connectivity index (χ3v) is 4.16. The van der Waals surface area contributed by atoms with Crippen LogP contribution in [0.1, 0.15) is 34.6 Å². The predicted molar refractivity (Wildman–Crippen MR) is 110 cm³/mol. The normalized spacial score (nSPS) is 12.9. The Morgan fingerprint density at radius 3 is 2.46 bits per heavy atom. The summed E-state index contributed by atoms with van der Waals surface area (Å²) in [4.78, 5) is 0. The minimum absolute atomic E-state index is 0.0487. The molecule has 0 fully saturated rings. The number of halogens is 1. The number of hydrogen-bond acceptors (Lipinski definition) is 4. The maximum absolute atomic E-state index is 14.5. The molecule has 0 aliphatic heterocycles. The standard InChI is InChI=1S/C22H28FN3O2/c1-6-27-20-12-9-17-13-19(25-26(17)21(20)23)16-7-10-18(11-8-16)28-14-15(2)24-22(3,4)5/h7-13,15,24H,6,14H2,1-5H3/t15-/m0/s1. The van der Waals surface area contributed by atoms with E-state index in [1.54, 1.807) is 12.1 Å². The van der Waals surface area contributed by atoms with E-state index in [0.717, 1.165) is 11.3 Å². The van der Waals surface area contributed by atoms with Gasteiger partial charge in [-0.3, -0.25) is 0 Å². The first kappa shape index (κ1) is 20.1. The monoisotopic (exact) mass is 385 g/mol. The summed E-state index contributed by atoms with van der Waals surface area (Å²) < 4.78 is 26.9. The van der Waals surface area contributed by atoms with E-state index < -0.39 is 5.95 Å². The van der Waals surface area contributed by atoms with E-state index in [1.165, 1.54) is 4.52 Å². The van der Waals surface area contributed by atoms with Crippen LogP contribution in [0.2, 0.25) is 0 Å². The van der Waals surface area contributed by atoms with Gasteiger partial charge in [-0.05, 0) is 77.1 Å². The highest BCUT2D eigenvalue weighted by Gasteiger charge is 2.14. The van der Waals surface area contributed by atoms with Crippen molar-refractivity contribution in [2.24, 2.45) is 0 Å². The lowest BCUT2D eigenvalue weighted by Gasteiger charge is -2.26. The average molecular weight is 385 g/mol. The molecule has 0 bridgehead atoms. The van der Waals surface area contributed by atoms with Gasteiger partial charge in [-0.2, -0.15) is 9.49 Å². The van der Waals surface area contributed by atoms with E-state index in [1.807, 2.05) is 37.3 Å². The van der Waals surface area contributed by atoms with Gasteiger partial charge in [0.2, 0.25) is 0 Å². The Bertz CT molecular complexity index is 929. The second-order valence-electron chi connectivity index (χ2n) is 7.92. The fourth-order valence-electron chi connectivity index (χ4n) is 3.13. The van der Waals surface area contributed by atoms with Crippen molar-refractivity contribution in [2.75, 3.05) is 13.2 Å². The summed E-state index contributed by atoms with van der Waals surface area (Å²) in [6.07, 6.45) is 0. The first-order valence-corrected chi connectivity index (χ1v) is 9.59. The van der Waals surface area contributed by atoms with Crippen LogP contribution in [-0.2, 0) is 0 Å². The fraction of sp³-hybridized carbons (Fsp3) is 0.409. The lowest BCUT2D eigenvalue weighted by atomic mass is 10.1. The van der Waals surface area contributed by atoms with Crippen LogP contribution in [0.3, 0.4) is 0 Å². The molecule has 28 heavy (non-hydrogen) atoms. The zero-order chi connectivity index (χ0) is 20.3. The summed E-state index contributed by atoms with van der Waals surface area (Å²) in [5, 5.41) is 7.86. The topological polar surface area (TPSA) is 47.8 Å². The van der Waals surface area contributed by atoms with Crippen molar-refractivity contribution in [3.63, 3.8) is 0 Å². The van der Waals surface area contributed by atoms with Gasteiger partial charge in [0.1, 0.15) is 12.4 Å². The minimum Gasteiger partial charge on any atom is -0.492 e. The van der Waals surface area contributed by atoms with Gasteiger partial charge in [-0.1, -0.05) is 0 Å².